The molecule has 0 aliphatic carbocycles. The fourth-order valence-electron chi connectivity index (χ4n) is 2.65. The SMILES string of the molecule is CC(C)(O)O.CF.COC(=O)C(C)N.COC(CCc1ccc2c(N)ncnn12)COPOc1ccccc1. The molecule has 0 bridgehead atoms. The molecule has 0 saturated carbocycles. The van der Waals surface area contributed by atoms with Crippen molar-refractivity contribution in [1.82, 2.24) is 14.6 Å². The summed E-state index contributed by atoms with van der Waals surface area (Å²) in [5.41, 5.74) is 12.8. The van der Waals surface area contributed by atoms with E-state index in [0.717, 1.165) is 29.8 Å². The van der Waals surface area contributed by atoms with E-state index in [1.54, 1.807) is 14.0 Å². The first kappa shape index (κ1) is 36.1. The molecular formula is C25H41FN5O7P. The number of para-hydroxylation sites is 1. The number of ether oxygens (including phenoxy) is 2. The molecule has 2 heterocycles. The number of anilines is 1. The van der Waals surface area contributed by atoms with Crippen LogP contribution in [0.15, 0.2) is 48.8 Å². The van der Waals surface area contributed by atoms with Crippen molar-refractivity contribution in [3.05, 3.63) is 54.5 Å². The molecule has 3 unspecified atom stereocenters. The number of fused-ring (bicyclic) bond motifs is 1. The van der Waals surface area contributed by atoms with E-state index in [2.05, 4.69) is 14.8 Å². The van der Waals surface area contributed by atoms with E-state index in [0.29, 0.717) is 19.6 Å². The number of rotatable bonds is 10. The molecule has 0 spiro atoms. The molecule has 3 rings (SSSR count). The molecular weight excluding hydrogens is 532 g/mol. The standard InChI is InChI=1S/C17H21N4O3P.C4H9NO2.C3H8O2.CH3F/c1-22-15(11-23-25-24-14-5-3-2-4-6-14)9-7-13-8-10-16-17(18)19-12-20-21(13)16;1-3(5)4(6)7-2;1-3(2,4)5;1-2/h2-6,8,10,12,15,25H,7,9,11H2,1H3,(H2,18,19,20);3H,5H2,1-2H3;4-5H,1-2H3;1H3. The molecule has 3 atom stereocenters. The van der Waals surface area contributed by atoms with Gasteiger partial charge >= 0.3 is 5.97 Å². The summed E-state index contributed by atoms with van der Waals surface area (Å²) in [4.78, 5) is 14.2. The van der Waals surface area contributed by atoms with Crippen LogP contribution >= 0.6 is 9.03 Å². The maximum absolute atomic E-state index is 10.2. The molecule has 0 radical (unpaired) electrons. The number of carbonyl (C=O) groups excluding carboxylic acids is 1. The number of methoxy groups -OCH3 is 2. The molecule has 0 amide bonds. The number of nitrogen functional groups attached to an aromatic ring is 1. The Morgan fingerprint density at radius 1 is 1.15 bits per heavy atom. The summed E-state index contributed by atoms with van der Waals surface area (Å²) in [7, 11) is 3.44. The monoisotopic (exact) mass is 573 g/mol. The summed E-state index contributed by atoms with van der Waals surface area (Å²) in [6.45, 7) is 4.65. The van der Waals surface area contributed by atoms with Gasteiger partial charge in [-0.05, 0) is 57.9 Å². The molecule has 2 aromatic heterocycles. The molecule has 0 aliphatic heterocycles. The third-order valence-corrected chi connectivity index (χ3v) is 5.02. The van der Waals surface area contributed by atoms with Crippen LogP contribution < -0.4 is 16.0 Å². The Labute approximate surface area is 230 Å². The van der Waals surface area contributed by atoms with Crippen molar-refractivity contribution < 1.29 is 37.9 Å². The van der Waals surface area contributed by atoms with Gasteiger partial charge in [0.2, 0.25) is 9.03 Å². The zero-order valence-corrected chi connectivity index (χ0v) is 24.2. The van der Waals surface area contributed by atoms with Crippen LogP contribution in [0, 0.1) is 0 Å². The Bertz CT molecular complexity index is 1050. The zero-order valence-electron chi connectivity index (χ0n) is 23.2. The van der Waals surface area contributed by atoms with Gasteiger partial charge in [0, 0.05) is 12.8 Å². The van der Waals surface area contributed by atoms with Gasteiger partial charge in [0.1, 0.15) is 23.6 Å². The van der Waals surface area contributed by atoms with Gasteiger partial charge in [-0.3, -0.25) is 9.18 Å². The van der Waals surface area contributed by atoms with Crippen LogP contribution in [-0.4, -0.2) is 76.7 Å². The number of hydrogen-bond acceptors (Lipinski definition) is 11. The Hall–Kier alpha value is -2.93. The summed E-state index contributed by atoms with van der Waals surface area (Å²) in [6.07, 6.45) is 3.05. The molecule has 12 nitrogen and oxygen atoms in total. The van der Waals surface area contributed by atoms with Gasteiger partial charge in [-0.2, -0.15) is 5.10 Å². The van der Waals surface area contributed by atoms with Gasteiger partial charge in [-0.25, -0.2) is 9.50 Å². The minimum absolute atomic E-state index is 0.0170. The van der Waals surface area contributed by atoms with E-state index in [1.165, 1.54) is 27.3 Å². The molecule has 1 aromatic carbocycles. The van der Waals surface area contributed by atoms with Gasteiger partial charge in [0.25, 0.3) is 0 Å². The van der Waals surface area contributed by atoms with Gasteiger partial charge in [0.05, 0.1) is 27.0 Å². The molecule has 6 N–H and O–H groups in total. The van der Waals surface area contributed by atoms with Gasteiger partial charge in [0.15, 0.2) is 11.6 Å². The van der Waals surface area contributed by atoms with Crippen molar-refractivity contribution in [2.75, 3.05) is 33.7 Å². The van der Waals surface area contributed by atoms with Crippen molar-refractivity contribution in [2.24, 2.45) is 5.73 Å². The quantitative estimate of drug-likeness (QED) is 0.121. The van der Waals surface area contributed by atoms with Crippen LogP contribution in [0.1, 0.15) is 32.9 Å². The number of aromatic nitrogens is 3. The first-order valence-corrected chi connectivity index (χ1v) is 12.6. The maximum atomic E-state index is 10.2. The Kier molecular flexibility index (Phi) is 18.5. The third-order valence-electron chi connectivity index (χ3n) is 4.42. The Morgan fingerprint density at radius 3 is 2.28 bits per heavy atom. The Balaban J connectivity index is 0.000000859. The lowest BCUT2D eigenvalue weighted by atomic mass is 10.1. The lowest BCUT2D eigenvalue weighted by Crippen LogP contribution is -2.27. The fraction of sp³-hybridized carbons (Fsp3) is 0.480. The van der Waals surface area contributed by atoms with Gasteiger partial charge in [-0.1, -0.05) is 18.2 Å². The van der Waals surface area contributed by atoms with E-state index < -0.39 is 11.8 Å². The lowest BCUT2D eigenvalue weighted by molar-refractivity contribution is -0.141. The van der Waals surface area contributed by atoms with Crippen molar-refractivity contribution >= 4 is 26.3 Å². The summed E-state index contributed by atoms with van der Waals surface area (Å²) in [5.74, 6) is -0.598. The maximum Gasteiger partial charge on any atom is 0.322 e. The third kappa shape index (κ3) is 16.6. The van der Waals surface area contributed by atoms with E-state index in [4.69, 9.17) is 35.5 Å². The molecule has 220 valence electrons. The van der Waals surface area contributed by atoms with Gasteiger partial charge in [-0.15, -0.1) is 0 Å². The number of hydrogen-bond donors (Lipinski definition) is 4. The van der Waals surface area contributed by atoms with E-state index >= 15 is 0 Å². The minimum Gasteiger partial charge on any atom is -0.468 e. The van der Waals surface area contributed by atoms with E-state index in [9.17, 15) is 9.18 Å². The zero-order chi connectivity index (χ0) is 29.8. The predicted molar refractivity (Wildman–Crippen MR) is 149 cm³/mol. The summed E-state index contributed by atoms with van der Waals surface area (Å²) in [5, 5.41) is 20.4. The summed E-state index contributed by atoms with van der Waals surface area (Å²) < 4.78 is 32.2. The number of aliphatic hydroxyl groups is 2. The average Bonchev–Trinajstić information content (AvgIpc) is 3.33. The predicted octanol–water partition coefficient (Wildman–Crippen LogP) is 2.66. The second-order valence-corrected chi connectivity index (χ2v) is 8.94. The number of aryl methyl sites for hydroxylation is 1. The highest BCUT2D eigenvalue weighted by Crippen LogP contribution is 2.22. The molecule has 0 fully saturated rings. The largest absolute Gasteiger partial charge is 0.468 e. The highest BCUT2D eigenvalue weighted by Gasteiger charge is 2.12. The second-order valence-electron chi connectivity index (χ2n) is 8.28. The number of benzene rings is 1. The molecule has 0 aliphatic rings. The number of esters is 1. The topological polar surface area (TPSA) is 177 Å². The lowest BCUT2D eigenvalue weighted by Gasteiger charge is -2.15. The van der Waals surface area contributed by atoms with Crippen LogP contribution in [0.25, 0.3) is 5.52 Å². The van der Waals surface area contributed by atoms with Crippen molar-refractivity contribution in [3.8, 4) is 5.75 Å². The van der Waals surface area contributed by atoms with Crippen LogP contribution in [0.4, 0.5) is 10.2 Å². The number of nitrogens with zero attached hydrogens (tertiary/aromatic N) is 3. The fourth-order valence-corrected chi connectivity index (χ4v) is 3.20. The number of alkyl halides is 1. The van der Waals surface area contributed by atoms with Crippen LogP contribution in [0.5, 0.6) is 5.75 Å². The average molecular weight is 574 g/mol. The van der Waals surface area contributed by atoms with Crippen LogP contribution in [-0.2, 0) is 25.2 Å². The highest BCUT2D eigenvalue weighted by molar-refractivity contribution is 7.26. The summed E-state index contributed by atoms with van der Waals surface area (Å²) >= 11 is 0. The van der Waals surface area contributed by atoms with Crippen molar-refractivity contribution in [2.45, 2.75) is 51.5 Å². The van der Waals surface area contributed by atoms with Crippen molar-refractivity contribution in [1.29, 1.82) is 0 Å². The van der Waals surface area contributed by atoms with Crippen molar-refractivity contribution in [3.63, 3.8) is 0 Å². The normalized spacial score (nSPS) is 12.3. The van der Waals surface area contributed by atoms with Gasteiger partial charge < -0.3 is 40.2 Å². The van der Waals surface area contributed by atoms with Crippen LogP contribution in [0.3, 0.4) is 0 Å². The number of halogens is 1. The molecule has 39 heavy (non-hydrogen) atoms. The van der Waals surface area contributed by atoms with Crippen LogP contribution in [0.2, 0.25) is 0 Å². The number of nitrogens with two attached hydrogens (primary N) is 2. The smallest absolute Gasteiger partial charge is 0.322 e. The van der Waals surface area contributed by atoms with E-state index in [1.807, 2.05) is 47.0 Å². The minimum atomic E-state index is -1.50. The molecule has 0 saturated heterocycles. The Morgan fingerprint density at radius 2 is 1.77 bits per heavy atom. The van der Waals surface area contributed by atoms with E-state index in [-0.39, 0.29) is 21.1 Å². The summed E-state index contributed by atoms with van der Waals surface area (Å²) in [6, 6.07) is 13.0. The second kappa shape index (κ2) is 20.0. The number of carbonyl (C=O) groups is 1. The highest BCUT2D eigenvalue weighted by atomic mass is 31.1. The first-order chi connectivity index (χ1) is 18.5. The molecule has 3 aromatic rings. The molecule has 14 heteroatoms. The first-order valence-electron chi connectivity index (χ1n) is 11.8.